The summed E-state index contributed by atoms with van der Waals surface area (Å²) in [5.41, 5.74) is 5.26. The summed E-state index contributed by atoms with van der Waals surface area (Å²) in [4.78, 5) is 30.6. The Morgan fingerprint density at radius 2 is 1.73 bits per heavy atom. The predicted octanol–water partition coefficient (Wildman–Crippen LogP) is 5.78. The van der Waals surface area contributed by atoms with E-state index >= 15 is 0 Å². The molecule has 7 heteroatoms. The van der Waals surface area contributed by atoms with Gasteiger partial charge in [0.25, 0.3) is 11.8 Å². The molecule has 2 aliphatic heterocycles. The lowest BCUT2D eigenvalue weighted by Gasteiger charge is -2.41. The molecule has 1 atom stereocenters. The summed E-state index contributed by atoms with van der Waals surface area (Å²) in [5, 5.41) is 5.84. The van der Waals surface area contributed by atoms with E-state index in [1.807, 2.05) is 18.2 Å². The van der Waals surface area contributed by atoms with E-state index in [2.05, 4.69) is 50.8 Å². The Balaban J connectivity index is 1.19. The highest BCUT2D eigenvalue weighted by molar-refractivity contribution is 6.05. The number of nitrogens with one attached hydrogen (secondary N) is 2. The van der Waals surface area contributed by atoms with Crippen LogP contribution in [0.15, 0.2) is 66.7 Å². The van der Waals surface area contributed by atoms with Crippen molar-refractivity contribution in [3.05, 3.63) is 77.9 Å². The minimum atomic E-state index is -0.537. The molecule has 2 fully saturated rings. The van der Waals surface area contributed by atoms with E-state index in [0.717, 1.165) is 55.5 Å². The maximum absolute atomic E-state index is 13.4. The molecule has 40 heavy (non-hydrogen) atoms. The molecule has 1 unspecified atom stereocenters. The third kappa shape index (κ3) is 5.91. The predicted molar refractivity (Wildman–Crippen MR) is 159 cm³/mol. The fraction of sp³-hybridized carbons (Fsp3) is 0.394. The molecule has 3 aliphatic rings. The third-order valence-corrected chi connectivity index (χ3v) is 8.51. The number of piperazine rings is 1. The highest BCUT2D eigenvalue weighted by Gasteiger charge is 2.26. The van der Waals surface area contributed by atoms with Gasteiger partial charge in [0.15, 0.2) is 6.10 Å². The second-order valence-corrected chi connectivity index (χ2v) is 11.3. The smallest absolute Gasteiger partial charge is 0.265 e. The molecule has 2 heterocycles. The van der Waals surface area contributed by atoms with Crippen LogP contribution in [0.1, 0.15) is 54.9 Å². The van der Waals surface area contributed by atoms with Crippen LogP contribution in [0.2, 0.25) is 0 Å². The molecule has 3 aromatic rings. The first-order chi connectivity index (χ1) is 19.5. The van der Waals surface area contributed by atoms with Crippen molar-refractivity contribution >= 4 is 23.2 Å². The van der Waals surface area contributed by atoms with Crippen LogP contribution in [0.4, 0.5) is 11.4 Å². The largest absolute Gasteiger partial charge is 0.479 e. The van der Waals surface area contributed by atoms with E-state index < -0.39 is 6.10 Å². The fourth-order valence-electron chi connectivity index (χ4n) is 6.23. The molecule has 0 radical (unpaired) electrons. The quantitative estimate of drug-likeness (QED) is 0.417. The standard InChI is InChI=1S/C33H38N4O3/c1-23-32(38)35-30-21-27(13-15-31(30)40-23)34-33(39)25-12-14-29(24-8-4-2-5-9-24)26(20-25)22-36-16-18-37(19-17-36)28-10-6-3-7-11-28/h2,4-5,8-9,12-15,20-21,23,28H,3,6-7,10-11,16-19,22H2,1H3,(H,34,39)(H,35,38). The summed E-state index contributed by atoms with van der Waals surface area (Å²) < 4.78 is 5.64. The number of nitrogens with zero attached hydrogens (tertiary/aromatic N) is 2. The fourth-order valence-corrected chi connectivity index (χ4v) is 6.23. The van der Waals surface area contributed by atoms with Gasteiger partial charge in [-0.15, -0.1) is 0 Å². The molecule has 0 bridgehead atoms. The van der Waals surface area contributed by atoms with Crippen molar-refractivity contribution in [2.24, 2.45) is 0 Å². The van der Waals surface area contributed by atoms with Gasteiger partial charge >= 0.3 is 0 Å². The summed E-state index contributed by atoms with van der Waals surface area (Å²) in [7, 11) is 0. The number of anilines is 2. The van der Waals surface area contributed by atoms with Crippen LogP contribution in [0.5, 0.6) is 5.75 Å². The molecular weight excluding hydrogens is 500 g/mol. The molecule has 1 saturated carbocycles. The average Bonchev–Trinajstić information content (AvgIpc) is 2.99. The lowest BCUT2D eigenvalue weighted by molar-refractivity contribution is -0.122. The zero-order valence-corrected chi connectivity index (χ0v) is 23.2. The highest BCUT2D eigenvalue weighted by atomic mass is 16.5. The number of hydrogen-bond donors (Lipinski definition) is 2. The van der Waals surface area contributed by atoms with Crippen molar-refractivity contribution in [3.8, 4) is 16.9 Å². The molecule has 0 aromatic heterocycles. The monoisotopic (exact) mass is 538 g/mol. The van der Waals surface area contributed by atoms with Crippen molar-refractivity contribution in [1.82, 2.24) is 9.80 Å². The van der Waals surface area contributed by atoms with Crippen molar-refractivity contribution in [3.63, 3.8) is 0 Å². The first kappa shape index (κ1) is 26.5. The van der Waals surface area contributed by atoms with Gasteiger partial charge in [-0.3, -0.25) is 19.4 Å². The van der Waals surface area contributed by atoms with E-state index in [1.165, 1.54) is 32.1 Å². The maximum atomic E-state index is 13.4. The number of benzene rings is 3. The lowest BCUT2D eigenvalue weighted by Crippen LogP contribution is -2.50. The van der Waals surface area contributed by atoms with Gasteiger partial charge in [0.2, 0.25) is 0 Å². The van der Waals surface area contributed by atoms with E-state index in [4.69, 9.17) is 4.74 Å². The van der Waals surface area contributed by atoms with Gasteiger partial charge in [0.1, 0.15) is 5.75 Å². The third-order valence-electron chi connectivity index (χ3n) is 8.51. The molecule has 2 amide bonds. The summed E-state index contributed by atoms with van der Waals surface area (Å²) in [6.45, 7) is 6.84. The molecule has 1 saturated heterocycles. The zero-order valence-electron chi connectivity index (χ0n) is 23.2. The van der Waals surface area contributed by atoms with Gasteiger partial charge in [-0.2, -0.15) is 0 Å². The highest BCUT2D eigenvalue weighted by Crippen LogP contribution is 2.33. The Hall–Kier alpha value is -3.68. The maximum Gasteiger partial charge on any atom is 0.265 e. The van der Waals surface area contributed by atoms with Crippen LogP contribution < -0.4 is 15.4 Å². The lowest BCUT2D eigenvalue weighted by atomic mass is 9.93. The van der Waals surface area contributed by atoms with Crippen LogP contribution in [0.25, 0.3) is 11.1 Å². The van der Waals surface area contributed by atoms with E-state index in [0.29, 0.717) is 22.7 Å². The Morgan fingerprint density at radius 3 is 2.50 bits per heavy atom. The van der Waals surface area contributed by atoms with Crippen LogP contribution in [-0.4, -0.2) is 59.9 Å². The van der Waals surface area contributed by atoms with Gasteiger partial charge in [-0.25, -0.2) is 0 Å². The Bertz CT molecular complexity index is 1360. The number of ether oxygens (including phenoxy) is 1. The first-order valence-corrected chi connectivity index (χ1v) is 14.6. The number of carbonyl (C=O) groups excluding carboxylic acids is 2. The zero-order chi connectivity index (χ0) is 27.5. The molecule has 208 valence electrons. The molecular formula is C33H38N4O3. The molecule has 2 N–H and O–H groups in total. The van der Waals surface area contributed by atoms with Gasteiger partial charge in [0, 0.05) is 50.0 Å². The van der Waals surface area contributed by atoms with E-state index in [1.54, 1.807) is 25.1 Å². The van der Waals surface area contributed by atoms with Crippen LogP contribution >= 0.6 is 0 Å². The Kier molecular flexibility index (Phi) is 7.84. The summed E-state index contributed by atoms with van der Waals surface area (Å²) in [6, 6.07) is 22.5. The molecule has 1 aliphatic carbocycles. The molecule has 3 aromatic carbocycles. The minimum Gasteiger partial charge on any atom is -0.479 e. The normalized spacial score (nSPS) is 20.3. The number of fused-ring (bicyclic) bond motifs is 1. The SMILES string of the molecule is CC1Oc2ccc(NC(=O)c3ccc(-c4ccccc4)c(CN4CCN(C5CCCCC5)CC4)c3)cc2NC1=O. The summed E-state index contributed by atoms with van der Waals surface area (Å²) in [5.74, 6) is 0.222. The number of hydrogen-bond acceptors (Lipinski definition) is 5. The number of amides is 2. The Morgan fingerprint density at radius 1 is 0.950 bits per heavy atom. The van der Waals surface area contributed by atoms with Gasteiger partial charge in [-0.05, 0) is 66.8 Å². The van der Waals surface area contributed by atoms with Crippen molar-refractivity contribution in [2.75, 3.05) is 36.8 Å². The molecule has 0 spiro atoms. The van der Waals surface area contributed by atoms with Crippen LogP contribution in [0.3, 0.4) is 0 Å². The topological polar surface area (TPSA) is 73.9 Å². The minimum absolute atomic E-state index is 0.181. The summed E-state index contributed by atoms with van der Waals surface area (Å²) in [6.07, 6.45) is 6.28. The van der Waals surface area contributed by atoms with Gasteiger partial charge in [0.05, 0.1) is 5.69 Å². The Labute approximate surface area is 236 Å². The van der Waals surface area contributed by atoms with Crippen LogP contribution in [0, 0.1) is 0 Å². The first-order valence-electron chi connectivity index (χ1n) is 14.6. The van der Waals surface area contributed by atoms with E-state index in [9.17, 15) is 9.59 Å². The van der Waals surface area contributed by atoms with Crippen molar-refractivity contribution < 1.29 is 14.3 Å². The average molecular weight is 539 g/mol. The van der Waals surface area contributed by atoms with Gasteiger partial charge in [-0.1, -0.05) is 55.7 Å². The number of rotatable bonds is 6. The van der Waals surface area contributed by atoms with Crippen molar-refractivity contribution in [1.29, 1.82) is 0 Å². The molecule has 6 rings (SSSR count). The van der Waals surface area contributed by atoms with Crippen LogP contribution in [-0.2, 0) is 11.3 Å². The number of carbonyl (C=O) groups is 2. The second kappa shape index (κ2) is 11.8. The van der Waals surface area contributed by atoms with E-state index in [-0.39, 0.29) is 11.8 Å². The summed E-state index contributed by atoms with van der Waals surface area (Å²) >= 11 is 0. The molecule has 7 nitrogen and oxygen atoms in total. The van der Waals surface area contributed by atoms with Crippen molar-refractivity contribution in [2.45, 2.75) is 57.7 Å². The second-order valence-electron chi connectivity index (χ2n) is 11.3. The van der Waals surface area contributed by atoms with Gasteiger partial charge < -0.3 is 15.4 Å².